The number of allylic oxidation sites excluding steroid dienone is 1. The highest BCUT2D eigenvalue weighted by Crippen LogP contribution is 2.39. The summed E-state index contributed by atoms with van der Waals surface area (Å²) in [5.41, 5.74) is 1.79. The van der Waals surface area contributed by atoms with Gasteiger partial charge in [-0.2, -0.15) is 5.26 Å². The van der Waals surface area contributed by atoms with E-state index in [-0.39, 0.29) is 24.0 Å². The maximum Gasteiger partial charge on any atom is 0.234 e. The van der Waals surface area contributed by atoms with E-state index in [2.05, 4.69) is 16.7 Å². The lowest BCUT2D eigenvalue weighted by Gasteiger charge is -2.25. The molecule has 166 valence electrons. The number of nitriles is 1. The fourth-order valence-electron chi connectivity index (χ4n) is 3.30. The number of anilines is 1. The molecule has 1 heterocycles. The van der Waals surface area contributed by atoms with Crippen LogP contribution in [0.5, 0.6) is 17.2 Å². The summed E-state index contributed by atoms with van der Waals surface area (Å²) in [6.07, 6.45) is 0.125. The van der Waals surface area contributed by atoms with E-state index in [0.717, 1.165) is 17.3 Å². The first-order valence-electron chi connectivity index (χ1n) is 9.71. The fraction of sp³-hybridized carbons (Fsp3) is 0.261. The molecule has 0 aromatic heterocycles. The molecule has 0 saturated carbocycles. The molecule has 2 aromatic carbocycles. The third kappa shape index (κ3) is 5.34. The Balaban J connectivity index is 1.76. The molecule has 0 radical (unpaired) electrons. The van der Waals surface area contributed by atoms with Crippen LogP contribution in [-0.2, 0) is 9.59 Å². The van der Waals surface area contributed by atoms with Crippen LogP contribution >= 0.6 is 11.8 Å². The minimum Gasteiger partial charge on any atom is -0.497 e. The van der Waals surface area contributed by atoms with Crippen LogP contribution in [0.15, 0.2) is 53.1 Å². The number of carbonyl (C=O) groups is 2. The van der Waals surface area contributed by atoms with Crippen molar-refractivity contribution in [2.75, 3.05) is 32.4 Å². The van der Waals surface area contributed by atoms with Gasteiger partial charge in [0.25, 0.3) is 0 Å². The summed E-state index contributed by atoms with van der Waals surface area (Å²) >= 11 is 1.12. The molecule has 0 saturated heterocycles. The van der Waals surface area contributed by atoms with Gasteiger partial charge in [0.15, 0.2) is 11.5 Å². The zero-order valence-electron chi connectivity index (χ0n) is 17.9. The van der Waals surface area contributed by atoms with E-state index in [1.165, 1.54) is 14.2 Å². The smallest absolute Gasteiger partial charge is 0.234 e. The van der Waals surface area contributed by atoms with Crippen molar-refractivity contribution >= 4 is 29.3 Å². The average molecular weight is 454 g/mol. The summed E-state index contributed by atoms with van der Waals surface area (Å²) in [6, 6.07) is 14.5. The number of thioether (sulfide) groups is 1. The zero-order chi connectivity index (χ0) is 23.1. The maximum absolute atomic E-state index is 12.4. The molecule has 1 atom stereocenters. The third-order valence-corrected chi connectivity index (χ3v) is 5.90. The number of amides is 2. The molecule has 32 heavy (non-hydrogen) atoms. The topological polar surface area (TPSA) is 110 Å². The standard InChI is InChI=1S/C23H23N3O5S/c1-29-16-7-5-15(6-8-16)25-22(28)13-32-23-18(12-24)17(11-21(27)26-23)14-4-9-19(30-2)20(10-14)31-3/h4-10,17H,11,13H2,1-3H3,(H,25,28)(H,26,27). The summed E-state index contributed by atoms with van der Waals surface area (Å²) < 4.78 is 15.7. The van der Waals surface area contributed by atoms with Crippen LogP contribution in [-0.4, -0.2) is 38.9 Å². The van der Waals surface area contributed by atoms with E-state index in [1.54, 1.807) is 49.6 Å². The lowest BCUT2D eigenvalue weighted by atomic mass is 9.87. The van der Waals surface area contributed by atoms with Crippen molar-refractivity contribution in [2.45, 2.75) is 12.3 Å². The Hall–Kier alpha value is -3.64. The predicted molar refractivity (Wildman–Crippen MR) is 122 cm³/mol. The van der Waals surface area contributed by atoms with Crippen molar-refractivity contribution in [3.63, 3.8) is 0 Å². The summed E-state index contributed by atoms with van der Waals surface area (Å²) in [4.78, 5) is 24.7. The number of methoxy groups -OCH3 is 3. The minimum atomic E-state index is -0.444. The molecule has 0 bridgehead atoms. The Bertz CT molecular complexity index is 1080. The summed E-state index contributed by atoms with van der Waals surface area (Å²) in [7, 11) is 4.63. The molecule has 2 N–H and O–H groups in total. The lowest BCUT2D eigenvalue weighted by molar-refractivity contribution is -0.121. The number of benzene rings is 2. The summed E-state index contributed by atoms with van der Waals surface area (Å²) in [5.74, 6) is 0.873. The third-order valence-electron chi connectivity index (χ3n) is 4.89. The number of rotatable bonds is 8. The Kier molecular flexibility index (Phi) is 7.63. The minimum absolute atomic E-state index is 0.0332. The highest BCUT2D eigenvalue weighted by atomic mass is 32.2. The van der Waals surface area contributed by atoms with Crippen LogP contribution in [0, 0.1) is 11.3 Å². The first-order chi connectivity index (χ1) is 15.5. The van der Waals surface area contributed by atoms with Gasteiger partial charge in [-0.05, 0) is 42.0 Å². The van der Waals surface area contributed by atoms with Crippen molar-refractivity contribution in [3.8, 4) is 23.3 Å². The van der Waals surface area contributed by atoms with Crippen LogP contribution in [0.2, 0.25) is 0 Å². The molecule has 0 aliphatic carbocycles. The van der Waals surface area contributed by atoms with Gasteiger partial charge in [-0.3, -0.25) is 9.59 Å². The van der Waals surface area contributed by atoms with Crippen molar-refractivity contribution in [2.24, 2.45) is 0 Å². The number of hydrogen-bond acceptors (Lipinski definition) is 7. The van der Waals surface area contributed by atoms with Gasteiger partial charge >= 0.3 is 0 Å². The molecular weight excluding hydrogens is 430 g/mol. The second-order valence-electron chi connectivity index (χ2n) is 6.84. The number of carbonyl (C=O) groups excluding carboxylic acids is 2. The Labute approximate surface area is 190 Å². The molecule has 3 rings (SSSR count). The Morgan fingerprint density at radius 3 is 2.47 bits per heavy atom. The number of ether oxygens (including phenoxy) is 3. The van der Waals surface area contributed by atoms with Gasteiger partial charge in [0.2, 0.25) is 11.8 Å². The largest absolute Gasteiger partial charge is 0.497 e. The van der Waals surface area contributed by atoms with E-state index in [9.17, 15) is 14.9 Å². The van der Waals surface area contributed by atoms with Crippen molar-refractivity contribution in [1.29, 1.82) is 5.26 Å². The molecule has 1 aliphatic rings. The van der Waals surface area contributed by atoms with Crippen molar-refractivity contribution in [3.05, 3.63) is 58.6 Å². The second-order valence-corrected chi connectivity index (χ2v) is 7.82. The van der Waals surface area contributed by atoms with E-state index < -0.39 is 5.92 Å². The van der Waals surface area contributed by atoms with Gasteiger partial charge in [0.05, 0.1) is 43.8 Å². The van der Waals surface area contributed by atoms with Gasteiger partial charge in [-0.25, -0.2) is 0 Å². The number of nitrogens with zero attached hydrogens (tertiary/aromatic N) is 1. The number of nitrogens with one attached hydrogen (secondary N) is 2. The van der Waals surface area contributed by atoms with Crippen molar-refractivity contribution < 1.29 is 23.8 Å². The van der Waals surface area contributed by atoms with Gasteiger partial charge in [0.1, 0.15) is 5.75 Å². The quantitative estimate of drug-likeness (QED) is 0.630. The van der Waals surface area contributed by atoms with Crippen LogP contribution < -0.4 is 24.8 Å². The first kappa shape index (κ1) is 23.0. The zero-order valence-corrected chi connectivity index (χ0v) is 18.7. The van der Waals surface area contributed by atoms with Gasteiger partial charge in [-0.1, -0.05) is 17.8 Å². The average Bonchev–Trinajstić information content (AvgIpc) is 2.82. The summed E-state index contributed by atoms with van der Waals surface area (Å²) in [5, 5.41) is 15.7. The summed E-state index contributed by atoms with van der Waals surface area (Å²) in [6.45, 7) is 0. The van der Waals surface area contributed by atoms with Crippen LogP contribution in [0.4, 0.5) is 5.69 Å². The van der Waals surface area contributed by atoms with E-state index in [1.807, 2.05) is 0 Å². The molecule has 2 amide bonds. The maximum atomic E-state index is 12.4. The molecule has 0 fully saturated rings. The molecule has 2 aromatic rings. The highest BCUT2D eigenvalue weighted by molar-refractivity contribution is 8.03. The first-order valence-corrected chi connectivity index (χ1v) is 10.7. The van der Waals surface area contributed by atoms with Gasteiger partial charge < -0.3 is 24.8 Å². The number of hydrogen-bond donors (Lipinski definition) is 2. The van der Waals surface area contributed by atoms with Crippen LogP contribution in [0.25, 0.3) is 0 Å². The lowest BCUT2D eigenvalue weighted by Crippen LogP contribution is -2.31. The van der Waals surface area contributed by atoms with Crippen molar-refractivity contribution in [1.82, 2.24) is 5.32 Å². The van der Waals surface area contributed by atoms with E-state index in [4.69, 9.17) is 14.2 Å². The highest BCUT2D eigenvalue weighted by Gasteiger charge is 2.30. The predicted octanol–water partition coefficient (Wildman–Crippen LogP) is 3.42. The van der Waals surface area contributed by atoms with E-state index in [0.29, 0.717) is 33.5 Å². The molecular formula is C23H23N3O5S. The molecule has 0 spiro atoms. The normalized spacial score (nSPS) is 15.4. The Morgan fingerprint density at radius 2 is 1.84 bits per heavy atom. The van der Waals surface area contributed by atoms with Gasteiger partial charge in [-0.15, -0.1) is 0 Å². The van der Waals surface area contributed by atoms with Crippen LogP contribution in [0.3, 0.4) is 0 Å². The molecule has 1 unspecified atom stereocenters. The second kappa shape index (κ2) is 10.6. The molecule has 1 aliphatic heterocycles. The molecule has 8 nitrogen and oxygen atoms in total. The molecule has 9 heteroatoms. The monoisotopic (exact) mass is 453 g/mol. The Morgan fingerprint density at radius 1 is 1.12 bits per heavy atom. The van der Waals surface area contributed by atoms with E-state index >= 15 is 0 Å². The van der Waals surface area contributed by atoms with Crippen LogP contribution in [0.1, 0.15) is 17.9 Å². The fourth-order valence-corrected chi connectivity index (χ4v) is 4.17. The van der Waals surface area contributed by atoms with Gasteiger partial charge in [0, 0.05) is 18.0 Å². The SMILES string of the molecule is COc1ccc(NC(=O)CSC2=C(C#N)C(c3ccc(OC)c(OC)c3)CC(=O)N2)cc1.